The van der Waals surface area contributed by atoms with Gasteiger partial charge in [-0.3, -0.25) is 0 Å². The minimum absolute atomic E-state index is 0.117. The fourth-order valence-electron chi connectivity index (χ4n) is 1.39. The average Bonchev–Trinajstić information content (AvgIpc) is 2.68. The third-order valence-electron chi connectivity index (χ3n) is 2.26. The standard InChI is InChI=1S/C10H19N3O2S/c1-10(2,7-11-3)8-13-16(14,15)9-5-4-6-12-9/h4-6,11-13H,7-8H2,1-3H3. The van der Waals surface area contributed by atoms with Gasteiger partial charge in [0.15, 0.2) is 0 Å². The number of aromatic amines is 1. The number of hydrogen-bond donors (Lipinski definition) is 3. The third-order valence-corrected chi connectivity index (χ3v) is 3.61. The summed E-state index contributed by atoms with van der Waals surface area (Å²) in [6.45, 7) is 5.15. The summed E-state index contributed by atoms with van der Waals surface area (Å²) in [7, 11) is -1.55. The van der Waals surface area contributed by atoms with E-state index in [0.717, 1.165) is 6.54 Å². The Hall–Kier alpha value is -0.850. The third kappa shape index (κ3) is 3.62. The first-order valence-corrected chi connectivity index (χ1v) is 6.63. The number of sulfonamides is 1. The first-order chi connectivity index (χ1) is 7.37. The van der Waals surface area contributed by atoms with Crippen LogP contribution in [0.25, 0.3) is 0 Å². The van der Waals surface area contributed by atoms with Crippen molar-refractivity contribution in [3.05, 3.63) is 18.3 Å². The van der Waals surface area contributed by atoms with Crippen molar-refractivity contribution >= 4 is 10.0 Å². The van der Waals surface area contributed by atoms with Gasteiger partial charge in [0.2, 0.25) is 0 Å². The molecule has 0 aliphatic carbocycles. The maximum atomic E-state index is 11.8. The summed E-state index contributed by atoms with van der Waals surface area (Å²) in [5, 5.41) is 3.24. The van der Waals surface area contributed by atoms with E-state index in [2.05, 4.69) is 15.0 Å². The van der Waals surface area contributed by atoms with E-state index in [-0.39, 0.29) is 10.4 Å². The Bertz CT molecular complexity index is 409. The number of H-pyrrole nitrogens is 1. The van der Waals surface area contributed by atoms with Crippen LogP contribution in [0.4, 0.5) is 0 Å². The first-order valence-electron chi connectivity index (χ1n) is 5.15. The molecular weight excluding hydrogens is 226 g/mol. The molecule has 0 bridgehead atoms. The summed E-state index contributed by atoms with van der Waals surface area (Å²) in [4.78, 5) is 2.68. The summed E-state index contributed by atoms with van der Waals surface area (Å²) in [5.41, 5.74) is -0.117. The normalized spacial score (nSPS) is 12.9. The molecule has 1 aromatic heterocycles. The van der Waals surface area contributed by atoms with Gasteiger partial charge in [0.1, 0.15) is 5.03 Å². The predicted octanol–water partition coefficient (Wildman–Crippen LogP) is 0.539. The van der Waals surface area contributed by atoms with Crippen molar-refractivity contribution in [1.29, 1.82) is 0 Å². The van der Waals surface area contributed by atoms with Gasteiger partial charge >= 0.3 is 0 Å². The molecular formula is C10H19N3O2S. The first kappa shape index (κ1) is 13.2. The summed E-state index contributed by atoms with van der Waals surface area (Å²) in [6, 6.07) is 3.20. The van der Waals surface area contributed by atoms with Crippen LogP contribution < -0.4 is 10.0 Å². The zero-order valence-corrected chi connectivity index (χ0v) is 10.7. The molecule has 3 N–H and O–H groups in total. The molecule has 0 spiro atoms. The summed E-state index contributed by atoms with van der Waals surface area (Å²) >= 11 is 0. The second-order valence-electron chi connectivity index (χ2n) is 4.55. The molecule has 92 valence electrons. The number of rotatable bonds is 6. The number of nitrogens with one attached hydrogen (secondary N) is 3. The Morgan fingerprint density at radius 3 is 2.56 bits per heavy atom. The number of hydrogen-bond acceptors (Lipinski definition) is 3. The molecule has 5 nitrogen and oxygen atoms in total. The van der Waals surface area contributed by atoms with E-state index >= 15 is 0 Å². The van der Waals surface area contributed by atoms with Gasteiger partial charge in [-0.1, -0.05) is 13.8 Å². The van der Waals surface area contributed by atoms with Crippen LogP contribution in [0.2, 0.25) is 0 Å². The van der Waals surface area contributed by atoms with E-state index in [9.17, 15) is 8.42 Å². The maximum Gasteiger partial charge on any atom is 0.256 e. The van der Waals surface area contributed by atoms with Gasteiger partial charge in [0, 0.05) is 19.3 Å². The van der Waals surface area contributed by atoms with Crippen molar-refractivity contribution in [2.45, 2.75) is 18.9 Å². The Morgan fingerprint density at radius 2 is 2.06 bits per heavy atom. The molecule has 0 unspecified atom stereocenters. The van der Waals surface area contributed by atoms with Crippen LogP contribution in [-0.4, -0.2) is 33.5 Å². The van der Waals surface area contributed by atoms with Crippen molar-refractivity contribution in [3.8, 4) is 0 Å². The zero-order valence-electron chi connectivity index (χ0n) is 9.87. The zero-order chi connectivity index (χ0) is 12.2. The van der Waals surface area contributed by atoms with Crippen LogP contribution in [0.15, 0.2) is 23.4 Å². The fraction of sp³-hybridized carbons (Fsp3) is 0.600. The molecule has 0 saturated carbocycles. The summed E-state index contributed by atoms with van der Waals surface area (Å²) < 4.78 is 26.2. The smallest absolute Gasteiger partial charge is 0.256 e. The molecule has 16 heavy (non-hydrogen) atoms. The molecule has 0 radical (unpaired) electrons. The molecule has 0 fully saturated rings. The van der Waals surface area contributed by atoms with Crippen molar-refractivity contribution in [2.24, 2.45) is 5.41 Å². The van der Waals surface area contributed by atoms with Crippen molar-refractivity contribution in [2.75, 3.05) is 20.1 Å². The molecule has 6 heteroatoms. The Balaban J connectivity index is 2.62. The average molecular weight is 245 g/mol. The second-order valence-corrected chi connectivity index (χ2v) is 6.29. The van der Waals surface area contributed by atoms with Gasteiger partial charge in [-0.25, -0.2) is 13.1 Å². The monoisotopic (exact) mass is 245 g/mol. The van der Waals surface area contributed by atoms with Gasteiger partial charge in [-0.15, -0.1) is 0 Å². The van der Waals surface area contributed by atoms with Crippen LogP contribution in [0, 0.1) is 5.41 Å². The molecule has 0 atom stereocenters. The highest BCUT2D eigenvalue weighted by Gasteiger charge is 2.21. The van der Waals surface area contributed by atoms with Crippen molar-refractivity contribution < 1.29 is 8.42 Å². The molecule has 0 aliphatic rings. The Morgan fingerprint density at radius 1 is 1.38 bits per heavy atom. The lowest BCUT2D eigenvalue weighted by molar-refractivity contribution is 0.350. The summed E-state index contributed by atoms with van der Waals surface area (Å²) in [6.07, 6.45) is 1.59. The summed E-state index contributed by atoms with van der Waals surface area (Å²) in [5.74, 6) is 0. The fourth-order valence-corrected chi connectivity index (χ4v) is 2.61. The quantitative estimate of drug-likeness (QED) is 0.685. The molecule has 1 aromatic rings. The molecule has 1 heterocycles. The molecule has 0 saturated heterocycles. The van der Waals surface area contributed by atoms with Crippen LogP contribution in [0.5, 0.6) is 0 Å². The van der Waals surface area contributed by atoms with E-state index in [0.29, 0.717) is 6.54 Å². The molecule has 0 aromatic carbocycles. The Kier molecular flexibility index (Phi) is 4.12. The van der Waals surface area contributed by atoms with Crippen molar-refractivity contribution in [1.82, 2.24) is 15.0 Å². The molecule has 1 rings (SSSR count). The SMILES string of the molecule is CNCC(C)(C)CNS(=O)(=O)c1ccc[nH]1. The highest BCUT2D eigenvalue weighted by molar-refractivity contribution is 7.89. The van der Waals surface area contributed by atoms with E-state index < -0.39 is 10.0 Å². The predicted molar refractivity (Wildman–Crippen MR) is 63.7 cm³/mol. The van der Waals surface area contributed by atoms with E-state index in [1.165, 1.54) is 6.07 Å². The maximum absolute atomic E-state index is 11.8. The van der Waals surface area contributed by atoms with E-state index in [4.69, 9.17) is 0 Å². The van der Waals surface area contributed by atoms with Crippen LogP contribution >= 0.6 is 0 Å². The van der Waals surface area contributed by atoms with Gasteiger partial charge in [0.05, 0.1) is 0 Å². The number of aromatic nitrogens is 1. The largest absolute Gasteiger partial charge is 0.351 e. The molecule has 0 amide bonds. The Labute approximate surface area is 96.7 Å². The van der Waals surface area contributed by atoms with Crippen LogP contribution in [-0.2, 0) is 10.0 Å². The second kappa shape index (κ2) is 4.99. The van der Waals surface area contributed by atoms with Gasteiger partial charge in [0.25, 0.3) is 10.0 Å². The lowest BCUT2D eigenvalue weighted by atomic mass is 9.94. The highest BCUT2D eigenvalue weighted by atomic mass is 32.2. The lowest BCUT2D eigenvalue weighted by Gasteiger charge is -2.24. The van der Waals surface area contributed by atoms with E-state index in [1.54, 1.807) is 12.3 Å². The highest BCUT2D eigenvalue weighted by Crippen LogP contribution is 2.13. The topological polar surface area (TPSA) is 74.0 Å². The van der Waals surface area contributed by atoms with Gasteiger partial charge in [-0.2, -0.15) is 0 Å². The van der Waals surface area contributed by atoms with Gasteiger partial charge in [-0.05, 0) is 24.6 Å². The van der Waals surface area contributed by atoms with Crippen LogP contribution in [0.1, 0.15) is 13.8 Å². The van der Waals surface area contributed by atoms with E-state index in [1.807, 2.05) is 20.9 Å². The van der Waals surface area contributed by atoms with Crippen molar-refractivity contribution in [3.63, 3.8) is 0 Å². The minimum Gasteiger partial charge on any atom is -0.351 e. The molecule has 0 aliphatic heterocycles. The van der Waals surface area contributed by atoms with Gasteiger partial charge < -0.3 is 10.3 Å². The minimum atomic E-state index is -3.40. The lowest BCUT2D eigenvalue weighted by Crippen LogP contribution is -2.39. The van der Waals surface area contributed by atoms with Crippen LogP contribution in [0.3, 0.4) is 0 Å².